The van der Waals surface area contributed by atoms with Crippen LogP contribution in [0, 0.1) is 0 Å². The van der Waals surface area contributed by atoms with Crippen LogP contribution in [0.4, 0.5) is 0 Å². The molecule has 0 amide bonds. The Morgan fingerprint density at radius 3 is 2.00 bits per heavy atom. The van der Waals surface area contributed by atoms with Gasteiger partial charge in [0.15, 0.2) is 0 Å². The molecule has 0 aromatic heterocycles. The Bertz CT molecular complexity index is 186. The van der Waals surface area contributed by atoms with Gasteiger partial charge < -0.3 is 0 Å². The normalized spacial score (nSPS) is 11.6. The van der Waals surface area contributed by atoms with Gasteiger partial charge in [0, 0.05) is 0 Å². The average Bonchev–Trinajstić information content (AvgIpc) is 2.31. The predicted molar refractivity (Wildman–Crippen MR) is 75.7 cm³/mol. The van der Waals surface area contributed by atoms with Crippen LogP contribution in [0.2, 0.25) is 0 Å². The molecule has 0 saturated carbocycles. The Morgan fingerprint density at radius 2 is 1.38 bits per heavy atom. The molecular weight excluding hydrogens is 192 g/mol. The summed E-state index contributed by atoms with van der Waals surface area (Å²) in [7, 11) is 0. The molecule has 0 fully saturated rings. The van der Waals surface area contributed by atoms with Gasteiger partial charge in [-0.2, -0.15) is 0 Å². The lowest BCUT2D eigenvalue weighted by atomic mass is 10.1. The van der Waals surface area contributed by atoms with Crippen molar-refractivity contribution in [1.82, 2.24) is 0 Å². The van der Waals surface area contributed by atoms with Crippen LogP contribution in [0.15, 0.2) is 37.0 Å². The number of hydrogen-bond donors (Lipinski definition) is 0. The third kappa shape index (κ3) is 13.2. The minimum atomic E-state index is 1.01. The first kappa shape index (κ1) is 15.2. The zero-order valence-electron chi connectivity index (χ0n) is 11.0. The molecule has 0 radical (unpaired) electrons. The van der Waals surface area contributed by atoms with Crippen LogP contribution in [0.5, 0.6) is 0 Å². The van der Waals surface area contributed by atoms with E-state index >= 15 is 0 Å². The van der Waals surface area contributed by atoms with Gasteiger partial charge in [-0.25, -0.2) is 0 Å². The fraction of sp³-hybridized carbons (Fsp3) is 0.625. The van der Waals surface area contributed by atoms with Gasteiger partial charge in [-0.05, 0) is 38.5 Å². The van der Waals surface area contributed by atoms with Gasteiger partial charge in [-0.3, -0.25) is 0 Å². The molecule has 0 bridgehead atoms. The van der Waals surface area contributed by atoms with Crippen LogP contribution >= 0.6 is 0 Å². The van der Waals surface area contributed by atoms with Crippen molar-refractivity contribution in [1.29, 1.82) is 0 Å². The molecule has 0 aromatic rings. The minimum absolute atomic E-state index is 1.01. The Morgan fingerprint density at radius 1 is 0.750 bits per heavy atom. The minimum Gasteiger partial charge on any atom is -0.103 e. The van der Waals surface area contributed by atoms with Crippen LogP contribution in [0.3, 0.4) is 0 Å². The monoisotopic (exact) mass is 220 g/mol. The van der Waals surface area contributed by atoms with Gasteiger partial charge in [0.1, 0.15) is 0 Å². The van der Waals surface area contributed by atoms with Crippen molar-refractivity contribution in [2.75, 3.05) is 0 Å². The van der Waals surface area contributed by atoms with E-state index in [-0.39, 0.29) is 0 Å². The largest absolute Gasteiger partial charge is 0.103 e. The van der Waals surface area contributed by atoms with Crippen molar-refractivity contribution < 1.29 is 0 Å². The maximum absolute atomic E-state index is 3.69. The fourth-order valence-corrected chi connectivity index (χ4v) is 1.59. The summed E-state index contributed by atoms with van der Waals surface area (Å²) >= 11 is 0. The number of allylic oxidation sites excluding steroid dienone is 5. The average molecular weight is 220 g/mol. The van der Waals surface area contributed by atoms with E-state index in [1.54, 1.807) is 0 Å². The van der Waals surface area contributed by atoms with Crippen LogP contribution in [0.1, 0.15) is 64.7 Å². The molecule has 0 rings (SSSR count). The Hall–Kier alpha value is -0.780. The second kappa shape index (κ2) is 14.2. The van der Waals surface area contributed by atoms with E-state index in [0.29, 0.717) is 0 Å². The first-order valence-electron chi connectivity index (χ1n) is 6.82. The van der Waals surface area contributed by atoms with E-state index in [0.717, 1.165) is 6.42 Å². The number of unbranched alkanes of at least 4 members (excludes halogenated alkanes) is 6. The number of rotatable bonds is 11. The van der Waals surface area contributed by atoms with E-state index in [1.807, 2.05) is 6.08 Å². The molecule has 0 heterocycles. The van der Waals surface area contributed by atoms with Gasteiger partial charge >= 0.3 is 0 Å². The molecule has 0 aromatic carbocycles. The maximum Gasteiger partial charge on any atom is -0.0172 e. The molecule has 0 aliphatic heterocycles. The highest BCUT2D eigenvalue weighted by molar-refractivity contribution is 4.89. The summed E-state index contributed by atoms with van der Waals surface area (Å²) in [5.74, 6) is 0. The first-order valence-corrected chi connectivity index (χ1v) is 6.82. The van der Waals surface area contributed by atoms with Crippen molar-refractivity contribution in [3.63, 3.8) is 0 Å². The molecule has 0 spiro atoms. The third-order valence-corrected chi connectivity index (χ3v) is 2.60. The third-order valence-electron chi connectivity index (χ3n) is 2.60. The van der Waals surface area contributed by atoms with Gasteiger partial charge in [-0.15, -0.1) is 6.58 Å². The van der Waals surface area contributed by atoms with E-state index in [9.17, 15) is 0 Å². The highest BCUT2D eigenvalue weighted by Crippen LogP contribution is 2.04. The highest BCUT2D eigenvalue weighted by Gasteiger charge is 1.84. The molecule has 0 aliphatic carbocycles. The van der Waals surface area contributed by atoms with Gasteiger partial charge in [0.2, 0.25) is 0 Å². The van der Waals surface area contributed by atoms with Crippen LogP contribution < -0.4 is 0 Å². The second-order valence-electron chi connectivity index (χ2n) is 4.25. The van der Waals surface area contributed by atoms with Crippen molar-refractivity contribution in [2.45, 2.75) is 64.7 Å². The SMILES string of the molecule is C=CCC=CCCCC=CCCCCCC. The van der Waals surface area contributed by atoms with Gasteiger partial charge in [-0.1, -0.05) is 56.6 Å². The lowest BCUT2D eigenvalue weighted by Gasteiger charge is -1.94. The van der Waals surface area contributed by atoms with E-state index in [2.05, 4.69) is 37.8 Å². The molecule has 0 aliphatic rings. The zero-order valence-corrected chi connectivity index (χ0v) is 11.0. The lowest BCUT2D eigenvalue weighted by molar-refractivity contribution is 0.673. The molecule has 0 saturated heterocycles. The van der Waals surface area contributed by atoms with E-state index in [1.165, 1.54) is 51.4 Å². The maximum atomic E-state index is 3.69. The summed E-state index contributed by atoms with van der Waals surface area (Å²) in [5, 5.41) is 0. The molecule has 0 N–H and O–H groups in total. The molecule has 0 nitrogen and oxygen atoms in total. The topological polar surface area (TPSA) is 0 Å². The molecule has 0 atom stereocenters. The Kier molecular flexibility index (Phi) is 13.5. The van der Waals surface area contributed by atoms with Gasteiger partial charge in [0.05, 0.1) is 0 Å². The van der Waals surface area contributed by atoms with E-state index < -0.39 is 0 Å². The van der Waals surface area contributed by atoms with Crippen molar-refractivity contribution >= 4 is 0 Å². The molecule has 16 heavy (non-hydrogen) atoms. The molecular formula is C16H28. The molecule has 92 valence electrons. The quantitative estimate of drug-likeness (QED) is 0.304. The zero-order chi connectivity index (χ0) is 11.9. The van der Waals surface area contributed by atoms with Crippen molar-refractivity contribution in [2.24, 2.45) is 0 Å². The first-order chi connectivity index (χ1) is 7.91. The van der Waals surface area contributed by atoms with Crippen LogP contribution in [-0.2, 0) is 0 Å². The molecule has 0 unspecified atom stereocenters. The number of hydrogen-bond acceptors (Lipinski definition) is 0. The molecule has 0 heteroatoms. The fourth-order valence-electron chi connectivity index (χ4n) is 1.59. The van der Waals surface area contributed by atoms with Crippen molar-refractivity contribution in [3.05, 3.63) is 37.0 Å². The summed E-state index contributed by atoms with van der Waals surface area (Å²) in [6, 6.07) is 0. The van der Waals surface area contributed by atoms with Crippen molar-refractivity contribution in [3.8, 4) is 0 Å². The summed E-state index contributed by atoms with van der Waals surface area (Å²) < 4.78 is 0. The summed E-state index contributed by atoms with van der Waals surface area (Å²) in [6.07, 6.45) is 22.6. The Labute approximate surface area is 102 Å². The van der Waals surface area contributed by atoms with Crippen LogP contribution in [-0.4, -0.2) is 0 Å². The summed E-state index contributed by atoms with van der Waals surface area (Å²) in [4.78, 5) is 0. The smallest absolute Gasteiger partial charge is 0.0172 e. The summed E-state index contributed by atoms with van der Waals surface area (Å²) in [5.41, 5.74) is 0. The standard InChI is InChI=1S/C16H28/c1-3-5-7-9-11-13-15-16-14-12-10-8-6-4-2/h3,7,9,14,16H,1,4-6,8,10-13,15H2,2H3. The predicted octanol–water partition coefficient (Wildman–Crippen LogP) is 5.82. The lowest BCUT2D eigenvalue weighted by Crippen LogP contribution is -1.74. The highest BCUT2D eigenvalue weighted by atomic mass is 13.9. The Balaban J connectivity index is 3.12. The van der Waals surface area contributed by atoms with Gasteiger partial charge in [0.25, 0.3) is 0 Å². The van der Waals surface area contributed by atoms with E-state index in [4.69, 9.17) is 0 Å². The summed E-state index contributed by atoms with van der Waals surface area (Å²) in [6.45, 7) is 5.95. The second-order valence-corrected chi connectivity index (χ2v) is 4.25. The van der Waals surface area contributed by atoms with Crippen LogP contribution in [0.25, 0.3) is 0 Å².